The zero-order chi connectivity index (χ0) is 20.8. The Morgan fingerprint density at radius 3 is 2.24 bits per heavy atom. The molecule has 0 unspecified atom stereocenters. The van der Waals surface area contributed by atoms with E-state index in [2.05, 4.69) is 29.0 Å². The summed E-state index contributed by atoms with van der Waals surface area (Å²) in [6.45, 7) is 8.51. The van der Waals surface area contributed by atoms with Gasteiger partial charge >= 0.3 is 0 Å². The van der Waals surface area contributed by atoms with Gasteiger partial charge in [-0.05, 0) is 50.2 Å². The standard InChI is InChI=1S/C23H28FN3O2/c1-17(2)26-13-15-27(16-14-26)19-9-7-18(8-10-19)25-23(29)12-11-22(28)20-5-3-4-6-21(20)24/h3-10,17H,11-16H2,1-2H3,(H,25,29). The second kappa shape index (κ2) is 9.65. The second-order valence-corrected chi connectivity index (χ2v) is 7.61. The first-order valence-corrected chi connectivity index (χ1v) is 10.1. The average Bonchev–Trinajstić information content (AvgIpc) is 2.73. The van der Waals surface area contributed by atoms with Gasteiger partial charge in [-0.1, -0.05) is 12.1 Å². The van der Waals surface area contributed by atoms with Crippen LogP contribution in [0.3, 0.4) is 0 Å². The molecule has 0 radical (unpaired) electrons. The van der Waals surface area contributed by atoms with E-state index in [-0.39, 0.29) is 30.1 Å². The van der Waals surface area contributed by atoms with Crippen LogP contribution in [0.4, 0.5) is 15.8 Å². The van der Waals surface area contributed by atoms with Gasteiger partial charge < -0.3 is 10.2 Å². The lowest BCUT2D eigenvalue weighted by Gasteiger charge is -2.38. The number of anilines is 2. The van der Waals surface area contributed by atoms with Crippen LogP contribution in [0.5, 0.6) is 0 Å². The summed E-state index contributed by atoms with van der Waals surface area (Å²) in [5.74, 6) is -1.18. The Bertz CT molecular complexity index is 843. The van der Waals surface area contributed by atoms with Crippen LogP contribution in [0, 0.1) is 5.82 Å². The molecule has 2 aromatic rings. The number of piperazine rings is 1. The molecule has 1 fully saturated rings. The Hall–Kier alpha value is -2.73. The summed E-state index contributed by atoms with van der Waals surface area (Å²) in [5, 5.41) is 2.80. The molecule has 2 aromatic carbocycles. The maximum absolute atomic E-state index is 13.6. The Balaban J connectivity index is 1.48. The molecule has 1 saturated heterocycles. The fourth-order valence-electron chi connectivity index (χ4n) is 3.52. The molecule has 0 atom stereocenters. The number of ketones is 1. The van der Waals surface area contributed by atoms with Gasteiger partial charge in [0.05, 0.1) is 5.56 Å². The van der Waals surface area contributed by atoms with Crippen molar-refractivity contribution in [3.8, 4) is 0 Å². The number of Topliss-reactive ketones (excluding diaryl/α,β-unsaturated/α-hetero) is 1. The monoisotopic (exact) mass is 397 g/mol. The molecule has 1 aliphatic heterocycles. The van der Waals surface area contributed by atoms with Crippen LogP contribution in [0.1, 0.15) is 37.0 Å². The zero-order valence-electron chi connectivity index (χ0n) is 17.0. The minimum atomic E-state index is -0.553. The maximum atomic E-state index is 13.6. The van der Waals surface area contributed by atoms with Gasteiger partial charge in [0.25, 0.3) is 0 Å². The topological polar surface area (TPSA) is 52.6 Å². The predicted octanol–water partition coefficient (Wildman–Crippen LogP) is 3.96. The lowest BCUT2D eigenvalue weighted by molar-refractivity contribution is -0.116. The summed E-state index contributed by atoms with van der Waals surface area (Å²) < 4.78 is 13.6. The van der Waals surface area contributed by atoms with Gasteiger partial charge in [-0.2, -0.15) is 0 Å². The smallest absolute Gasteiger partial charge is 0.224 e. The fourth-order valence-corrected chi connectivity index (χ4v) is 3.52. The summed E-state index contributed by atoms with van der Waals surface area (Å²) in [4.78, 5) is 29.0. The highest BCUT2D eigenvalue weighted by molar-refractivity contribution is 6.00. The van der Waals surface area contributed by atoms with E-state index in [9.17, 15) is 14.0 Å². The number of carbonyl (C=O) groups is 2. The van der Waals surface area contributed by atoms with E-state index < -0.39 is 5.82 Å². The van der Waals surface area contributed by atoms with Crippen LogP contribution in [0.2, 0.25) is 0 Å². The molecule has 1 heterocycles. The third-order valence-electron chi connectivity index (χ3n) is 5.31. The van der Waals surface area contributed by atoms with Crippen molar-refractivity contribution in [2.24, 2.45) is 0 Å². The van der Waals surface area contributed by atoms with Gasteiger partial charge in [0.2, 0.25) is 5.91 Å². The first-order valence-electron chi connectivity index (χ1n) is 10.1. The van der Waals surface area contributed by atoms with E-state index in [1.807, 2.05) is 24.3 Å². The van der Waals surface area contributed by atoms with E-state index in [0.717, 1.165) is 31.9 Å². The summed E-state index contributed by atoms with van der Waals surface area (Å²) in [6, 6.07) is 14.2. The highest BCUT2D eigenvalue weighted by atomic mass is 19.1. The minimum absolute atomic E-state index is 0.0199. The van der Waals surface area contributed by atoms with Gasteiger partial charge in [0, 0.05) is 56.4 Å². The number of amides is 1. The molecule has 5 nitrogen and oxygen atoms in total. The van der Waals surface area contributed by atoms with Crippen LogP contribution in [-0.4, -0.2) is 48.8 Å². The van der Waals surface area contributed by atoms with Crippen molar-refractivity contribution in [3.05, 3.63) is 59.9 Å². The molecule has 0 aliphatic carbocycles. The molecule has 29 heavy (non-hydrogen) atoms. The molecule has 0 saturated carbocycles. The van der Waals surface area contributed by atoms with E-state index in [1.54, 1.807) is 6.07 Å². The molecule has 1 N–H and O–H groups in total. The maximum Gasteiger partial charge on any atom is 0.224 e. The number of carbonyl (C=O) groups excluding carboxylic acids is 2. The average molecular weight is 397 g/mol. The number of benzene rings is 2. The normalized spacial score (nSPS) is 14.8. The van der Waals surface area contributed by atoms with Crippen LogP contribution in [-0.2, 0) is 4.79 Å². The minimum Gasteiger partial charge on any atom is -0.369 e. The number of halogens is 1. The first kappa shape index (κ1) is 21.0. The summed E-state index contributed by atoms with van der Waals surface area (Å²) in [7, 11) is 0. The van der Waals surface area contributed by atoms with Crippen molar-refractivity contribution < 1.29 is 14.0 Å². The van der Waals surface area contributed by atoms with E-state index in [0.29, 0.717) is 11.7 Å². The molecule has 6 heteroatoms. The molecule has 0 spiro atoms. The summed E-state index contributed by atoms with van der Waals surface area (Å²) in [6.07, 6.45) is -0.00292. The molecule has 1 amide bonds. The van der Waals surface area contributed by atoms with E-state index in [1.165, 1.54) is 18.2 Å². The number of rotatable bonds is 7. The predicted molar refractivity (Wildman–Crippen MR) is 114 cm³/mol. The number of nitrogens with zero attached hydrogens (tertiary/aromatic N) is 2. The zero-order valence-corrected chi connectivity index (χ0v) is 17.0. The quantitative estimate of drug-likeness (QED) is 0.719. The van der Waals surface area contributed by atoms with Crippen LogP contribution >= 0.6 is 0 Å². The molecule has 1 aliphatic rings. The van der Waals surface area contributed by atoms with Crippen LogP contribution in [0.25, 0.3) is 0 Å². The van der Waals surface area contributed by atoms with Crippen molar-refractivity contribution in [1.29, 1.82) is 0 Å². The van der Waals surface area contributed by atoms with Crippen molar-refractivity contribution in [2.45, 2.75) is 32.7 Å². The SMILES string of the molecule is CC(C)N1CCN(c2ccc(NC(=O)CCC(=O)c3ccccc3F)cc2)CC1. The Morgan fingerprint density at radius 2 is 1.62 bits per heavy atom. The summed E-state index contributed by atoms with van der Waals surface area (Å²) in [5.41, 5.74) is 1.86. The molecular weight excluding hydrogens is 369 g/mol. The van der Waals surface area contributed by atoms with Gasteiger partial charge in [-0.25, -0.2) is 4.39 Å². The van der Waals surface area contributed by atoms with Gasteiger partial charge in [0.1, 0.15) is 5.82 Å². The molecule has 0 bridgehead atoms. The van der Waals surface area contributed by atoms with E-state index >= 15 is 0 Å². The van der Waals surface area contributed by atoms with Crippen molar-refractivity contribution in [1.82, 2.24) is 4.90 Å². The van der Waals surface area contributed by atoms with Gasteiger partial charge in [-0.15, -0.1) is 0 Å². The van der Waals surface area contributed by atoms with Crippen LogP contribution < -0.4 is 10.2 Å². The largest absolute Gasteiger partial charge is 0.369 e. The first-order chi connectivity index (χ1) is 13.9. The highest BCUT2D eigenvalue weighted by Crippen LogP contribution is 2.20. The Morgan fingerprint density at radius 1 is 0.966 bits per heavy atom. The molecule has 3 rings (SSSR count). The van der Waals surface area contributed by atoms with Crippen molar-refractivity contribution >= 4 is 23.1 Å². The highest BCUT2D eigenvalue weighted by Gasteiger charge is 2.19. The lowest BCUT2D eigenvalue weighted by atomic mass is 10.1. The van der Waals surface area contributed by atoms with Crippen LogP contribution in [0.15, 0.2) is 48.5 Å². The van der Waals surface area contributed by atoms with Gasteiger partial charge in [0.15, 0.2) is 5.78 Å². The van der Waals surface area contributed by atoms with E-state index in [4.69, 9.17) is 0 Å². The summed E-state index contributed by atoms with van der Waals surface area (Å²) >= 11 is 0. The number of nitrogens with one attached hydrogen (secondary N) is 1. The van der Waals surface area contributed by atoms with Gasteiger partial charge in [-0.3, -0.25) is 14.5 Å². The molecule has 154 valence electrons. The van der Waals surface area contributed by atoms with Crippen molar-refractivity contribution in [2.75, 3.05) is 36.4 Å². The third-order valence-corrected chi connectivity index (χ3v) is 5.31. The Labute approximate surface area is 171 Å². The lowest BCUT2D eigenvalue weighted by Crippen LogP contribution is -2.48. The molecule has 0 aromatic heterocycles. The number of hydrogen-bond donors (Lipinski definition) is 1. The Kier molecular flexibility index (Phi) is 6.99. The van der Waals surface area contributed by atoms with Crippen molar-refractivity contribution in [3.63, 3.8) is 0 Å². The second-order valence-electron chi connectivity index (χ2n) is 7.61. The number of hydrogen-bond acceptors (Lipinski definition) is 4. The fraction of sp³-hybridized carbons (Fsp3) is 0.391. The third kappa shape index (κ3) is 5.64. The molecular formula is C23H28FN3O2.